The van der Waals surface area contributed by atoms with Gasteiger partial charge in [-0.1, -0.05) is 12.1 Å². The van der Waals surface area contributed by atoms with Crippen LogP contribution in [0.25, 0.3) is 0 Å². The maximum absolute atomic E-state index is 12.9. The molecule has 0 saturated carbocycles. The Balaban J connectivity index is 1.60. The van der Waals surface area contributed by atoms with Gasteiger partial charge in [0.15, 0.2) is 0 Å². The lowest BCUT2D eigenvalue weighted by Crippen LogP contribution is -2.44. The molecule has 2 aromatic rings. The van der Waals surface area contributed by atoms with Gasteiger partial charge in [0, 0.05) is 5.69 Å². The highest BCUT2D eigenvalue weighted by molar-refractivity contribution is 7.92. The zero-order chi connectivity index (χ0) is 20.3. The van der Waals surface area contributed by atoms with Gasteiger partial charge in [0.05, 0.1) is 11.3 Å². The summed E-state index contributed by atoms with van der Waals surface area (Å²) in [6, 6.07) is 9.70. The van der Waals surface area contributed by atoms with Crippen LogP contribution in [0.3, 0.4) is 0 Å². The second kappa shape index (κ2) is 7.64. The zero-order valence-corrected chi connectivity index (χ0v) is 15.1. The van der Waals surface area contributed by atoms with Crippen molar-refractivity contribution >= 4 is 33.6 Å². The topological polar surface area (TPSA) is 125 Å². The van der Waals surface area contributed by atoms with Gasteiger partial charge < -0.3 is 0 Å². The summed E-state index contributed by atoms with van der Waals surface area (Å²) in [5.74, 6) is -1.56. The van der Waals surface area contributed by atoms with Crippen molar-refractivity contribution in [1.82, 2.24) is 15.8 Å². The highest BCUT2D eigenvalue weighted by Crippen LogP contribution is 2.17. The van der Waals surface area contributed by atoms with Crippen molar-refractivity contribution in [2.24, 2.45) is 0 Å². The third-order valence-corrected chi connectivity index (χ3v) is 5.14. The first-order valence-corrected chi connectivity index (χ1v) is 9.49. The molecule has 4 amide bonds. The normalized spacial score (nSPS) is 14.0. The van der Waals surface area contributed by atoms with Crippen molar-refractivity contribution < 1.29 is 27.2 Å². The standard InChI is InChI=1S/C17H15FN4O5S/c18-12-3-7-14(8-4-12)28(26,27)21-13-5-1-11(2-6-13)9-15(23)20-22-10-16(24)19-17(22)25/h1-8,21H,9-10H2,(H,20,23)(H,19,24,25). The van der Waals surface area contributed by atoms with Gasteiger partial charge in [0.1, 0.15) is 12.4 Å². The van der Waals surface area contributed by atoms with Crippen LogP contribution in [0, 0.1) is 5.82 Å². The Labute approximate surface area is 159 Å². The van der Waals surface area contributed by atoms with Crippen molar-refractivity contribution in [3.63, 3.8) is 0 Å². The van der Waals surface area contributed by atoms with Crippen LogP contribution in [0.5, 0.6) is 0 Å². The van der Waals surface area contributed by atoms with Crippen molar-refractivity contribution in [2.75, 3.05) is 11.3 Å². The number of nitrogens with zero attached hydrogens (tertiary/aromatic N) is 1. The first-order valence-electron chi connectivity index (χ1n) is 8.01. The molecule has 1 heterocycles. The summed E-state index contributed by atoms with van der Waals surface area (Å²) >= 11 is 0. The number of hydrogen-bond donors (Lipinski definition) is 3. The molecule has 0 aromatic heterocycles. The minimum absolute atomic E-state index is 0.0804. The Morgan fingerprint density at radius 2 is 1.71 bits per heavy atom. The van der Waals surface area contributed by atoms with Gasteiger partial charge in [-0.05, 0) is 42.0 Å². The third kappa shape index (κ3) is 4.62. The number of urea groups is 1. The van der Waals surface area contributed by atoms with Crippen LogP contribution in [0.1, 0.15) is 5.56 Å². The molecule has 1 aliphatic heterocycles. The van der Waals surface area contributed by atoms with Crippen molar-refractivity contribution in [3.8, 4) is 0 Å². The predicted octanol–water partition coefficient (Wildman–Crippen LogP) is 0.752. The number of amides is 4. The van der Waals surface area contributed by atoms with E-state index in [0.29, 0.717) is 5.56 Å². The molecule has 11 heteroatoms. The molecule has 1 fully saturated rings. The maximum Gasteiger partial charge on any atom is 0.343 e. The summed E-state index contributed by atoms with van der Waals surface area (Å²) in [6.45, 7) is -0.255. The number of carbonyl (C=O) groups is 3. The SMILES string of the molecule is O=C1CN(NC(=O)Cc2ccc(NS(=O)(=O)c3ccc(F)cc3)cc2)C(=O)N1. The van der Waals surface area contributed by atoms with E-state index in [1.165, 1.54) is 24.3 Å². The predicted molar refractivity (Wildman–Crippen MR) is 95.7 cm³/mol. The van der Waals surface area contributed by atoms with Crippen LogP contribution in [-0.2, 0) is 26.0 Å². The molecule has 0 spiro atoms. The quantitative estimate of drug-likeness (QED) is 0.611. The van der Waals surface area contributed by atoms with E-state index in [1.807, 2.05) is 5.32 Å². The Morgan fingerprint density at radius 3 is 2.29 bits per heavy atom. The molecule has 3 rings (SSSR count). The van der Waals surface area contributed by atoms with Crippen molar-refractivity contribution in [1.29, 1.82) is 0 Å². The first kappa shape index (κ1) is 19.3. The highest BCUT2D eigenvalue weighted by atomic mass is 32.2. The number of imide groups is 1. The molecule has 146 valence electrons. The zero-order valence-electron chi connectivity index (χ0n) is 14.3. The number of rotatable bonds is 6. The fourth-order valence-electron chi connectivity index (χ4n) is 2.43. The lowest BCUT2D eigenvalue weighted by Gasteiger charge is -2.14. The number of hydrogen-bond acceptors (Lipinski definition) is 5. The molecule has 0 unspecified atom stereocenters. The van der Waals surface area contributed by atoms with Crippen LogP contribution in [-0.4, -0.2) is 37.8 Å². The van der Waals surface area contributed by atoms with E-state index in [2.05, 4.69) is 10.1 Å². The summed E-state index contributed by atoms with van der Waals surface area (Å²) < 4.78 is 39.8. The second-order valence-corrected chi connectivity index (χ2v) is 7.59. The molecule has 2 aromatic carbocycles. The van der Waals surface area contributed by atoms with E-state index in [4.69, 9.17) is 0 Å². The van der Waals surface area contributed by atoms with Gasteiger partial charge in [0.2, 0.25) is 11.8 Å². The third-order valence-electron chi connectivity index (χ3n) is 3.75. The number of benzene rings is 2. The number of hydrazine groups is 1. The van der Waals surface area contributed by atoms with E-state index < -0.39 is 33.7 Å². The first-order chi connectivity index (χ1) is 13.2. The lowest BCUT2D eigenvalue weighted by molar-refractivity contribution is -0.124. The summed E-state index contributed by atoms with van der Waals surface area (Å²) in [4.78, 5) is 34.3. The van der Waals surface area contributed by atoms with Crippen LogP contribution < -0.4 is 15.5 Å². The largest absolute Gasteiger partial charge is 0.343 e. The molecule has 28 heavy (non-hydrogen) atoms. The molecule has 0 bridgehead atoms. The fourth-order valence-corrected chi connectivity index (χ4v) is 3.48. The number of sulfonamides is 1. The summed E-state index contributed by atoms with van der Waals surface area (Å²) in [5, 5.41) is 2.90. The average molecular weight is 406 g/mol. The van der Waals surface area contributed by atoms with Crippen LogP contribution in [0.4, 0.5) is 14.9 Å². The highest BCUT2D eigenvalue weighted by Gasteiger charge is 2.28. The molecular formula is C17H15FN4O5S. The summed E-state index contributed by atoms with van der Waals surface area (Å²) in [5.41, 5.74) is 3.13. The lowest BCUT2D eigenvalue weighted by atomic mass is 10.1. The number of halogens is 1. The van der Waals surface area contributed by atoms with Gasteiger partial charge in [-0.2, -0.15) is 0 Å². The second-order valence-electron chi connectivity index (χ2n) is 5.91. The van der Waals surface area contributed by atoms with Gasteiger partial charge in [-0.15, -0.1) is 0 Å². The molecule has 9 nitrogen and oxygen atoms in total. The smallest absolute Gasteiger partial charge is 0.280 e. The van der Waals surface area contributed by atoms with Gasteiger partial charge >= 0.3 is 6.03 Å². The molecule has 0 atom stereocenters. The van der Waals surface area contributed by atoms with Crippen LogP contribution in [0.2, 0.25) is 0 Å². The van der Waals surface area contributed by atoms with Gasteiger partial charge in [-0.3, -0.25) is 25.1 Å². The summed E-state index contributed by atoms with van der Waals surface area (Å²) in [7, 11) is -3.87. The summed E-state index contributed by atoms with van der Waals surface area (Å²) in [6.07, 6.45) is -0.0804. The Hall–Kier alpha value is -3.47. The molecular weight excluding hydrogens is 391 g/mol. The van der Waals surface area contributed by atoms with Gasteiger partial charge in [-0.25, -0.2) is 22.6 Å². The van der Waals surface area contributed by atoms with Crippen LogP contribution >= 0.6 is 0 Å². The number of nitrogens with one attached hydrogen (secondary N) is 3. The molecule has 3 N–H and O–H groups in total. The Bertz CT molecular complexity index is 1020. The van der Waals surface area contributed by atoms with E-state index in [9.17, 15) is 27.2 Å². The molecule has 0 aliphatic carbocycles. The van der Waals surface area contributed by atoms with Crippen molar-refractivity contribution in [2.45, 2.75) is 11.3 Å². The molecule has 1 aliphatic rings. The maximum atomic E-state index is 12.9. The van der Waals surface area contributed by atoms with E-state index in [0.717, 1.165) is 29.3 Å². The van der Waals surface area contributed by atoms with Crippen molar-refractivity contribution in [3.05, 3.63) is 59.9 Å². The van der Waals surface area contributed by atoms with E-state index in [1.54, 1.807) is 0 Å². The minimum atomic E-state index is -3.87. The Morgan fingerprint density at radius 1 is 1.07 bits per heavy atom. The van der Waals surface area contributed by atoms with E-state index >= 15 is 0 Å². The van der Waals surface area contributed by atoms with E-state index in [-0.39, 0.29) is 23.5 Å². The van der Waals surface area contributed by atoms with Gasteiger partial charge in [0.25, 0.3) is 10.0 Å². The average Bonchev–Trinajstić information content (AvgIpc) is 2.94. The number of carbonyl (C=O) groups excluding carboxylic acids is 3. The fraction of sp³-hybridized carbons (Fsp3) is 0.118. The molecule has 1 saturated heterocycles. The monoisotopic (exact) mass is 406 g/mol. The Kier molecular flexibility index (Phi) is 5.27. The molecule has 0 radical (unpaired) electrons. The minimum Gasteiger partial charge on any atom is -0.280 e. The number of anilines is 1. The van der Waals surface area contributed by atoms with Crippen LogP contribution in [0.15, 0.2) is 53.4 Å².